The van der Waals surface area contributed by atoms with Crippen molar-refractivity contribution in [3.63, 3.8) is 0 Å². The topological polar surface area (TPSA) is 54.5 Å². The molecule has 5 nitrogen and oxygen atoms in total. The lowest BCUT2D eigenvalue weighted by Crippen LogP contribution is -2.42. The second-order valence-corrected chi connectivity index (χ2v) is 5.36. The number of amides is 1. The van der Waals surface area contributed by atoms with Gasteiger partial charge >= 0.3 is 0 Å². The Balaban J connectivity index is 1.78. The molecule has 1 aliphatic rings. The van der Waals surface area contributed by atoms with Crippen molar-refractivity contribution in [2.45, 2.75) is 31.9 Å². The van der Waals surface area contributed by atoms with Crippen molar-refractivity contribution in [3.05, 3.63) is 29.6 Å². The minimum absolute atomic E-state index is 0.0783. The number of aryl methyl sites for hydroxylation is 1. The van der Waals surface area contributed by atoms with Crippen LogP contribution in [0, 0.1) is 6.92 Å². The first-order valence-electron chi connectivity index (χ1n) is 7.03. The summed E-state index contributed by atoms with van der Waals surface area (Å²) in [5, 5.41) is 2.99. The van der Waals surface area contributed by atoms with Crippen LogP contribution in [0.3, 0.4) is 0 Å². The van der Waals surface area contributed by atoms with E-state index in [1.165, 1.54) is 0 Å². The van der Waals surface area contributed by atoms with E-state index in [2.05, 4.69) is 15.2 Å². The van der Waals surface area contributed by atoms with Crippen LogP contribution in [0.25, 0.3) is 0 Å². The van der Waals surface area contributed by atoms with E-state index in [1.54, 1.807) is 7.11 Å². The number of nitrogens with zero attached hydrogens (tertiary/aromatic N) is 2. The average Bonchev–Trinajstić information content (AvgIpc) is 2.80. The van der Waals surface area contributed by atoms with Crippen LogP contribution < -0.4 is 5.32 Å². The Morgan fingerprint density at radius 3 is 3.00 bits per heavy atom. The molecule has 1 aliphatic heterocycles. The Labute approximate surface area is 120 Å². The zero-order valence-electron chi connectivity index (χ0n) is 12.4. The van der Waals surface area contributed by atoms with E-state index in [9.17, 15) is 4.79 Å². The van der Waals surface area contributed by atoms with Gasteiger partial charge in [0.15, 0.2) is 0 Å². The summed E-state index contributed by atoms with van der Waals surface area (Å²) < 4.78 is 5.32. The van der Waals surface area contributed by atoms with Gasteiger partial charge in [-0.25, -0.2) is 0 Å². The maximum Gasteiger partial charge on any atom is 0.237 e. The number of ether oxygens (including phenoxy) is 1. The van der Waals surface area contributed by atoms with E-state index in [0.717, 1.165) is 30.8 Å². The molecule has 1 fully saturated rings. The van der Waals surface area contributed by atoms with Gasteiger partial charge in [0.1, 0.15) is 0 Å². The maximum absolute atomic E-state index is 12.1. The first kappa shape index (κ1) is 14.9. The van der Waals surface area contributed by atoms with Gasteiger partial charge in [-0.05, 0) is 32.5 Å². The zero-order valence-corrected chi connectivity index (χ0v) is 12.4. The van der Waals surface area contributed by atoms with Crippen molar-refractivity contribution < 1.29 is 9.53 Å². The van der Waals surface area contributed by atoms with Crippen molar-refractivity contribution in [2.24, 2.45) is 0 Å². The third kappa shape index (κ3) is 3.77. The fourth-order valence-corrected chi connectivity index (χ4v) is 2.60. The van der Waals surface area contributed by atoms with Gasteiger partial charge in [-0.1, -0.05) is 6.07 Å². The van der Waals surface area contributed by atoms with Crippen LogP contribution in [-0.2, 0) is 16.0 Å². The summed E-state index contributed by atoms with van der Waals surface area (Å²) in [7, 11) is 3.66. The fourth-order valence-electron chi connectivity index (χ4n) is 2.60. The predicted octanol–water partition coefficient (Wildman–Crippen LogP) is 0.768. The molecule has 5 heteroatoms. The smallest absolute Gasteiger partial charge is 0.237 e. The number of methoxy groups -OCH3 is 1. The summed E-state index contributed by atoms with van der Waals surface area (Å²) in [6.45, 7) is 3.41. The van der Waals surface area contributed by atoms with Crippen LogP contribution in [0.5, 0.6) is 0 Å². The number of hydrogen-bond donors (Lipinski definition) is 1. The van der Waals surface area contributed by atoms with Gasteiger partial charge in [-0.2, -0.15) is 0 Å². The standard InChI is InChI=1S/C15H23N3O2/c1-11-5-4-6-12(17-11)7-8-16-15(19)14-9-13(20-3)10-18(14)2/h4-6,13-14H,7-10H2,1-3H3,(H,16,19)/t13-,14-/m0/s1. The number of pyridine rings is 1. The number of likely N-dealkylation sites (N-methyl/N-ethyl adjacent to an activating group) is 1. The molecule has 0 aliphatic carbocycles. The summed E-state index contributed by atoms with van der Waals surface area (Å²) in [5.74, 6) is 0.0831. The van der Waals surface area contributed by atoms with Crippen LogP contribution in [0.15, 0.2) is 18.2 Å². The van der Waals surface area contributed by atoms with Gasteiger partial charge in [-0.15, -0.1) is 0 Å². The highest BCUT2D eigenvalue weighted by Gasteiger charge is 2.34. The third-order valence-corrected chi connectivity index (χ3v) is 3.77. The molecular formula is C15H23N3O2. The van der Waals surface area contributed by atoms with E-state index < -0.39 is 0 Å². The summed E-state index contributed by atoms with van der Waals surface area (Å²) >= 11 is 0. The quantitative estimate of drug-likeness (QED) is 0.863. The Kier molecular flexibility index (Phi) is 5.09. The molecule has 0 unspecified atom stereocenters. The van der Waals surface area contributed by atoms with Crippen molar-refractivity contribution in [3.8, 4) is 0 Å². The van der Waals surface area contributed by atoms with E-state index in [1.807, 2.05) is 32.2 Å². The Morgan fingerprint density at radius 1 is 1.55 bits per heavy atom. The van der Waals surface area contributed by atoms with Gasteiger partial charge in [-0.3, -0.25) is 14.7 Å². The summed E-state index contributed by atoms with van der Waals surface area (Å²) in [6.07, 6.45) is 1.69. The van der Waals surface area contributed by atoms with Crippen LogP contribution in [0.4, 0.5) is 0 Å². The maximum atomic E-state index is 12.1. The molecule has 110 valence electrons. The largest absolute Gasteiger partial charge is 0.380 e. The van der Waals surface area contributed by atoms with Crippen LogP contribution in [-0.4, -0.2) is 55.2 Å². The van der Waals surface area contributed by atoms with Gasteiger partial charge in [0.2, 0.25) is 5.91 Å². The van der Waals surface area contributed by atoms with Crippen LogP contribution >= 0.6 is 0 Å². The van der Waals surface area contributed by atoms with Crippen molar-refractivity contribution >= 4 is 5.91 Å². The van der Waals surface area contributed by atoms with Gasteiger partial charge in [0.25, 0.3) is 0 Å². The lowest BCUT2D eigenvalue weighted by atomic mass is 10.2. The fraction of sp³-hybridized carbons (Fsp3) is 0.600. The summed E-state index contributed by atoms with van der Waals surface area (Å²) in [4.78, 5) is 18.6. The zero-order chi connectivity index (χ0) is 14.5. The molecule has 2 rings (SSSR count). The van der Waals surface area contributed by atoms with Gasteiger partial charge < -0.3 is 10.1 Å². The van der Waals surface area contributed by atoms with Crippen LogP contribution in [0.1, 0.15) is 17.8 Å². The van der Waals surface area contributed by atoms with E-state index >= 15 is 0 Å². The molecule has 0 bridgehead atoms. The SMILES string of the molecule is CO[C@H]1C[C@@H](C(=O)NCCc2cccc(C)n2)N(C)C1. The first-order valence-corrected chi connectivity index (χ1v) is 7.03. The van der Waals surface area contributed by atoms with Gasteiger partial charge in [0, 0.05) is 38.0 Å². The van der Waals surface area contributed by atoms with Crippen molar-refractivity contribution in [2.75, 3.05) is 27.2 Å². The monoisotopic (exact) mass is 277 g/mol. The molecular weight excluding hydrogens is 254 g/mol. The minimum Gasteiger partial charge on any atom is -0.380 e. The number of hydrogen-bond acceptors (Lipinski definition) is 4. The van der Waals surface area contributed by atoms with E-state index in [4.69, 9.17) is 4.74 Å². The molecule has 1 saturated heterocycles. The molecule has 1 amide bonds. The first-order chi connectivity index (χ1) is 9.60. The highest BCUT2D eigenvalue weighted by Crippen LogP contribution is 2.17. The molecule has 0 radical (unpaired) electrons. The number of aromatic nitrogens is 1. The molecule has 2 heterocycles. The van der Waals surface area contributed by atoms with Crippen molar-refractivity contribution in [1.82, 2.24) is 15.2 Å². The molecule has 0 spiro atoms. The second-order valence-electron chi connectivity index (χ2n) is 5.36. The number of nitrogens with one attached hydrogen (secondary N) is 1. The van der Waals surface area contributed by atoms with Crippen LogP contribution in [0.2, 0.25) is 0 Å². The lowest BCUT2D eigenvalue weighted by molar-refractivity contribution is -0.125. The highest BCUT2D eigenvalue weighted by molar-refractivity contribution is 5.82. The van der Waals surface area contributed by atoms with Gasteiger partial charge in [0.05, 0.1) is 12.1 Å². The molecule has 2 atom stereocenters. The molecule has 1 aromatic rings. The number of carbonyl (C=O) groups excluding carboxylic acids is 1. The summed E-state index contributed by atoms with van der Waals surface area (Å²) in [6, 6.07) is 5.88. The highest BCUT2D eigenvalue weighted by atomic mass is 16.5. The minimum atomic E-state index is -0.0783. The normalized spacial score (nSPS) is 22.9. The lowest BCUT2D eigenvalue weighted by Gasteiger charge is -2.18. The molecule has 1 N–H and O–H groups in total. The summed E-state index contributed by atoms with van der Waals surface area (Å²) in [5.41, 5.74) is 2.02. The average molecular weight is 277 g/mol. The Bertz CT molecular complexity index is 464. The third-order valence-electron chi connectivity index (χ3n) is 3.77. The molecule has 1 aromatic heterocycles. The number of likely N-dealkylation sites (tertiary alicyclic amines) is 1. The molecule has 0 aromatic carbocycles. The number of rotatable bonds is 5. The Hall–Kier alpha value is -1.46. The Morgan fingerprint density at radius 2 is 2.35 bits per heavy atom. The van der Waals surface area contributed by atoms with Crippen molar-refractivity contribution in [1.29, 1.82) is 0 Å². The second kappa shape index (κ2) is 6.81. The van der Waals surface area contributed by atoms with E-state index in [-0.39, 0.29) is 18.1 Å². The molecule has 20 heavy (non-hydrogen) atoms. The predicted molar refractivity (Wildman–Crippen MR) is 77.5 cm³/mol. The number of carbonyl (C=O) groups is 1. The molecule has 0 saturated carbocycles. The van der Waals surface area contributed by atoms with E-state index in [0.29, 0.717) is 6.54 Å².